The number of rotatable bonds is 2. The summed E-state index contributed by atoms with van der Waals surface area (Å²) in [6.07, 6.45) is 0.319. The van der Waals surface area contributed by atoms with E-state index in [-0.39, 0.29) is 0 Å². The van der Waals surface area contributed by atoms with E-state index in [1.54, 1.807) is 0 Å². The van der Waals surface area contributed by atoms with E-state index in [1.807, 2.05) is 11.6 Å². The smallest absolute Gasteiger partial charge is 0.141 e. The van der Waals surface area contributed by atoms with Gasteiger partial charge >= 0.3 is 0 Å². The Labute approximate surface area is 115 Å². The Morgan fingerprint density at radius 2 is 2.11 bits per heavy atom. The molecule has 0 saturated carbocycles. The molecule has 92 valence electrons. The van der Waals surface area contributed by atoms with Crippen LogP contribution >= 0.6 is 15.9 Å². The molecular weight excluding hydrogens is 290 g/mol. The van der Waals surface area contributed by atoms with Gasteiger partial charge in [0.15, 0.2) is 0 Å². The largest absolute Gasteiger partial charge is 0.322 e. The van der Waals surface area contributed by atoms with Crippen molar-refractivity contribution in [2.45, 2.75) is 20.3 Å². The summed E-state index contributed by atoms with van der Waals surface area (Å²) in [5.41, 5.74) is 4.29. The Morgan fingerprint density at radius 3 is 2.78 bits per heavy atom. The summed E-state index contributed by atoms with van der Waals surface area (Å²) >= 11 is 3.49. The van der Waals surface area contributed by atoms with Crippen LogP contribution in [0.25, 0.3) is 11.4 Å². The topological polar surface area (TPSA) is 41.6 Å². The van der Waals surface area contributed by atoms with Gasteiger partial charge in [-0.15, -0.1) is 0 Å². The Kier molecular flexibility index (Phi) is 3.53. The fourth-order valence-electron chi connectivity index (χ4n) is 1.94. The molecule has 18 heavy (non-hydrogen) atoms. The number of nitriles is 1. The van der Waals surface area contributed by atoms with Crippen LogP contribution in [0.1, 0.15) is 16.8 Å². The van der Waals surface area contributed by atoms with E-state index < -0.39 is 0 Å². The highest BCUT2D eigenvalue weighted by atomic mass is 79.9. The van der Waals surface area contributed by atoms with Gasteiger partial charge in [0, 0.05) is 12.6 Å². The standard InChI is InChI=1S/C14H14BrN3/c1-9-4-5-10(2)11(8-9)14-17-12(6-7-16)13(15)18(14)3/h4-5,8H,6H2,1-3H3. The molecule has 0 spiro atoms. The molecule has 3 nitrogen and oxygen atoms in total. The summed E-state index contributed by atoms with van der Waals surface area (Å²) in [4.78, 5) is 4.56. The molecule has 0 unspecified atom stereocenters. The minimum atomic E-state index is 0.319. The van der Waals surface area contributed by atoms with Crippen LogP contribution in [-0.2, 0) is 13.5 Å². The number of hydrogen-bond acceptors (Lipinski definition) is 2. The minimum Gasteiger partial charge on any atom is -0.322 e. The zero-order valence-electron chi connectivity index (χ0n) is 10.7. The van der Waals surface area contributed by atoms with E-state index in [0.29, 0.717) is 6.42 Å². The molecule has 4 heteroatoms. The van der Waals surface area contributed by atoms with Gasteiger partial charge in [-0.2, -0.15) is 5.26 Å². The monoisotopic (exact) mass is 303 g/mol. The van der Waals surface area contributed by atoms with Crippen LogP contribution in [0, 0.1) is 25.2 Å². The van der Waals surface area contributed by atoms with Gasteiger partial charge in [-0.1, -0.05) is 17.7 Å². The Hall–Kier alpha value is -1.60. The fourth-order valence-corrected chi connectivity index (χ4v) is 2.34. The van der Waals surface area contributed by atoms with Crippen molar-refractivity contribution in [2.24, 2.45) is 7.05 Å². The molecule has 2 aromatic rings. The van der Waals surface area contributed by atoms with Crippen molar-refractivity contribution in [1.82, 2.24) is 9.55 Å². The molecule has 0 aliphatic heterocycles. The third-order valence-electron chi connectivity index (χ3n) is 2.97. The molecule has 1 aromatic heterocycles. The first-order valence-electron chi connectivity index (χ1n) is 5.70. The first kappa shape index (κ1) is 12.8. The Morgan fingerprint density at radius 1 is 1.39 bits per heavy atom. The molecule has 0 radical (unpaired) electrons. The van der Waals surface area contributed by atoms with Gasteiger partial charge in [0.05, 0.1) is 18.2 Å². The molecule has 0 amide bonds. The van der Waals surface area contributed by atoms with Crippen molar-refractivity contribution in [1.29, 1.82) is 5.26 Å². The van der Waals surface area contributed by atoms with E-state index in [1.165, 1.54) is 11.1 Å². The maximum Gasteiger partial charge on any atom is 0.141 e. The van der Waals surface area contributed by atoms with Crippen molar-refractivity contribution < 1.29 is 0 Å². The SMILES string of the molecule is Cc1ccc(C)c(-c2nc(CC#N)c(Br)n2C)c1. The second-order valence-corrected chi connectivity index (χ2v) is 5.14. The van der Waals surface area contributed by atoms with Crippen LogP contribution in [0.4, 0.5) is 0 Å². The Bertz CT molecular complexity index is 635. The maximum atomic E-state index is 8.79. The van der Waals surface area contributed by atoms with Crippen LogP contribution in [0.5, 0.6) is 0 Å². The zero-order chi connectivity index (χ0) is 13.3. The average molecular weight is 304 g/mol. The zero-order valence-corrected chi connectivity index (χ0v) is 12.2. The molecule has 0 N–H and O–H groups in total. The lowest BCUT2D eigenvalue weighted by molar-refractivity contribution is 0.897. The highest BCUT2D eigenvalue weighted by molar-refractivity contribution is 9.10. The van der Waals surface area contributed by atoms with Crippen LogP contribution in [0.15, 0.2) is 22.8 Å². The summed E-state index contributed by atoms with van der Waals surface area (Å²) in [5, 5.41) is 8.79. The van der Waals surface area contributed by atoms with Gasteiger partial charge < -0.3 is 4.57 Å². The van der Waals surface area contributed by atoms with Crippen molar-refractivity contribution in [3.63, 3.8) is 0 Å². The maximum absolute atomic E-state index is 8.79. The molecule has 0 atom stereocenters. The van der Waals surface area contributed by atoms with Crippen LogP contribution < -0.4 is 0 Å². The average Bonchev–Trinajstić information content (AvgIpc) is 2.61. The first-order valence-corrected chi connectivity index (χ1v) is 6.49. The molecule has 0 aliphatic carbocycles. The van der Waals surface area contributed by atoms with E-state index in [4.69, 9.17) is 5.26 Å². The summed E-state index contributed by atoms with van der Waals surface area (Å²) in [5.74, 6) is 0.897. The molecule has 0 bridgehead atoms. The lowest BCUT2D eigenvalue weighted by Gasteiger charge is -2.07. The Balaban J connectivity index is 2.61. The van der Waals surface area contributed by atoms with E-state index >= 15 is 0 Å². The third-order valence-corrected chi connectivity index (χ3v) is 3.96. The summed E-state index contributed by atoms with van der Waals surface area (Å²) in [6, 6.07) is 8.45. The van der Waals surface area contributed by atoms with Crippen LogP contribution in [-0.4, -0.2) is 9.55 Å². The highest BCUT2D eigenvalue weighted by Gasteiger charge is 2.15. The van der Waals surface area contributed by atoms with Crippen molar-refractivity contribution >= 4 is 15.9 Å². The molecule has 0 aliphatic rings. The number of imidazole rings is 1. The minimum absolute atomic E-state index is 0.319. The van der Waals surface area contributed by atoms with Gasteiger partial charge in [0.1, 0.15) is 10.4 Å². The van der Waals surface area contributed by atoms with E-state index in [0.717, 1.165) is 21.7 Å². The normalized spacial score (nSPS) is 10.4. The predicted molar refractivity (Wildman–Crippen MR) is 75.1 cm³/mol. The molecule has 0 fully saturated rings. The number of aromatic nitrogens is 2. The van der Waals surface area contributed by atoms with Gasteiger partial charge in [0.2, 0.25) is 0 Å². The van der Waals surface area contributed by atoms with Gasteiger partial charge in [0.25, 0.3) is 0 Å². The molecule has 1 aromatic carbocycles. The summed E-state index contributed by atoms with van der Waals surface area (Å²) in [7, 11) is 1.95. The fraction of sp³-hybridized carbons (Fsp3) is 0.286. The first-order chi connectivity index (χ1) is 8.54. The third kappa shape index (κ3) is 2.19. The summed E-state index contributed by atoms with van der Waals surface area (Å²) in [6.45, 7) is 4.14. The highest BCUT2D eigenvalue weighted by Crippen LogP contribution is 2.28. The van der Waals surface area contributed by atoms with Crippen molar-refractivity contribution in [2.75, 3.05) is 0 Å². The van der Waals surface area contributed by atoms with Crippen LogP contribution in [0.2, 0.25) is 0 Å². The molecule has 1 heterocycles. The van der Waals surface area contributed by atoms with Gasteiger partial charge in [-0.25, -0.2) is 4.98 Å². The number of nitrogens with zero attached hydrogens (tertiary/aromatic N) is 3. The molecule has 2 rings (SSSR count). The summed E-state index contributed by atoms with van der Waals surface area (Å²) < 4.78 is 2.86. The van der Waals surface area contributed by atoms with E-state index in [2.05, 4.69) is 59.0 Å². The molecular formula is C14H14BrN3. The lowest BCUT2D eigenvalue weighted by Crippen LogP contribution is -1.95. The number of aryl methyl sites for hydroxylation is 2. The van der Waals surface area contributed by atoms with Crippen LogP contribution in [0.3, 0.4) is 0 Å². The second-order valence-electron chi connectivity index (χ2n) is 4.39. The van der Waals surface area contributed by atoms with Crippen molar-refractivity contribution in [3.8, 4) is 17.5 Å². The number of hydrogen-bond donors (Lipinski definition) is 0. The lowest BCUT2D eigenvalue weighted by atomic mass is 10.1. The quantitative estimate of drug-likeness (QED) is 0.851. The van der Waals surface area contributed by atoms with Gasteiger partial charge in [-0.05, 0) is 41.4 Å². The van der Waals surface area contributed by atoms with E-state index in [9.17, 15) is 0 Å². The second kappa shape index (κ2) is 4.95. The predicted octanol–water partition coefficient (Wildman–Crippen LogP) is 3.53. The van der Waals surface area contributed by atoms with Gasteiger partial charge in [-0.3, -0.25) is 0 Å². The number of halogens is 1. The van der Waals surface area contributed by atoms with Crippen molar-refractivity contribution in [3.05, 3.63) is 39.6 Å². The molecule has 0 saturated heterocycles. The number of benzene rings is 1.